The number of aliphatic hydroxyl groups excluding tert-OH is 2. The fraction of sp³-hybridized carbons (Fsp3) is 0.400. The number of carbonyl (C=O) groups excluding carboxylic acids is 1. The molecule has 3 aromatic rings. The Labute approximate surface area is 177 Å². The summed E-state index contributed by atoms with van der Waals surface area (Å²) in [5.41, 5.74) is 0.733. The highest BCUT2D eigenvalue weighted by Gasteiger charge is 2.75. The molecule has 5 rings (SSSR count). The summed E-state index contributed by atoms with van der Waals surface area (Å²) < 4.78 is 1.74. The van der Waals surface area contributed by atoms with Crippen molar-refractivity contribution in [1.82, 2.24) is 24.8 Å². The molecule has 2 aliphatic rings. The van der Waals surface area contributed by atoms with Crippen molar-refractivity contribution in [2.45, 2.75) is 24.7 Å². The largest absolute Gasteiger partial charge is 0.389 e. The second-order valence-electron chi connectivity index (χ2n) is 7.81. The van der Waals surface area contributed by atoms with Crippen molar-refractivity contribution in [3.05, 3.63) is 35.6 Å². The standard InChI is InChI=1S/C20H21ClN6O3/c1-22-17-12-18(26-16(25-17)9-5-3-4-6-11(9)21)27(8-24-12)13-10-7-20(10,19(30)23-2)15(29)14(13)28/h3-6,8,10,13-15,28-29H,7H2,1-2H3,(H,23,30)(H,22,25,26)/t10?,13-,14+,15+,20-/m1/s1. The molecule has 5 atom stereocenters. The highest BCUT2D eigenvalue weighted by atomic mass is 35.5. The lowest BCUT2D eigenvalue weighted by Crippen LogP contribution is -2.41. The summed E-state index contributed by atoms with van der Waals surface area (Å²) in [6.07, 6.45) is -0.194. The summed E-state index contributed by atoms with van der Waals surface area (Å²) in [6, 6.07) is 6.75. The number of hydrogen-bond acceptors (Lipinski definition) is 7. The van der Waals surface area contributed by atoms with Crippen molar-refractivity contribution in [2.75, 3.05) is 19.4 Å². The molecule has 1 aromatic carbocycles. The lowest BCUT2D eigenvalue weighted by Gasteiger charge is -2.23. The number of rotatable bonds is 4. The molecule has 1 amide bonds. The third-order valence-electron chi connectivity index (χ3n) is 6.42. The predicted molar refractivity (Wildman–Crippen MR) is 111 cm³/mol. The van der Waals surface area contributed by atoms with Crippen LogP contribution in [-0.2, 0) is 4.79 Å². The number of anilines is 1. The monoisotopic (exact) mass is 428 g/mol. The van der Waals surface area contributed by atoms with Crippen LogP contribution in [-0.4, -0.2) is 61.9 Å². The smallest absolute Gasteiger partial charge is 0.229 e. The Morgan fingerprint density at radius 1 is 1.27 bits per heavy atom. The number of halogens is 1. The van der Waals surface area contributed by atoms with Gasteiger partial charge in [0.05, 0.1) is 28.9 Å². The number of aromatic nitrogens is 4. The topological polar surface area (TPSA) is 125 Å². The number of amides is 1. The molecular formula is C20H21ClN6O3. The SMILES string of the molecule is CNC(=O)[C@]12CC1[C@@H](n1cnc3c(NC)nc(-c4ccccc4Cl)nc31)[C@H](O)[C@@H]2O. The quantitative estimate of drug-likeness (QED) is 0.492. The van der Waals surface area contributed by atoms with Crippen LogP contribution < -0.4 is 10.6 Å². The van der Waals surface area contributed by atoms with Crippen LogP contribution in [0.3, 0.4) is 0 Å². The van der Waals surface area contributed by atoms with Gasteiger partial charge in [0, 0.05) is 25.6 Å². The van der Waals surface area contributed by atoms with E-state index in [1.165, 1.54) is 7.05 Å². The highest BCUT2D eigenvalue weighted by molar-refractivity contribution is 6.33. The molecule has 1 unspecified atom stereocenters. The summed E-state index contributed by atoms with van der Waals surface area (Å²) in [5.74, 6) is 0.473. The van der Waals surface area contributed by atoms with Gasteiger partial charge in [-0.25, -0.2) is 15.0 Å². The molecule has 2 aromatic heterocycles. The van der Waals surface area contributed by atoms with Crippen LogP contribution in [0.1, 0.15) is 12.5 Å². The van der Waals surface area contributed by atoms with E-state index in [-0.39, 0.29) is 11.8 Å². The van der Waals surface area contributed by atoms with E-state index >= 15 is 0 Å². The third-order valence-corrected chi connectivity index (χ3v) is 6.75. The van der Waals surface area contributed by atoms with E-state index in [4.69, 9.17) is 16.6 Å². The van der Waals surface area contributed by atoms with Crippen molar-refractivity contribution in [2.24, 2.45) is 11.3 Å². The molecule has 0 bridgehead atoms. The lowest BCUT2D eigenvalue weighted by molar-refractivity contribution is -0.132. The van der Waals surface area contributed by atoms with Gasteiger partial charge in [-0.3, -0.25) is 4.79 Å². The summed E-state index contributed by atoms with van der Waals surface area (Å²) in [7, 11) is 3.27. The molecular weight excluding hydrogens is 408 g/mol. The van der Waals surface area contributed by atoms with E-state index in [0.29, 0.717) is 39.8 Å². The molecule has 10 heteroatoms. The molecule has 4 N–H and O–H groups in total. The number of imidazole rings is 1. The van der Waals surface area contributed by atoms with Gasteiger partial charge >= 0.3 is 0 Å². The second kappa shape index (κ2) is 6.63. The van der Waals surface area contributed by atoms with Crippen LogP contribution in [0.5, 0.6) is 0 Å². The van der Waals surface area contributed by atoms with Crippen molar-refractivity contribution in [3.8, 4) is 11.4 Å². The molecule has 0 saturated heterocycles. The molecule has 9 nitrogen and oxygen atoms in total. The number of aliphatic hydroxyl groups is 2. The average Bonchev–Trinajstić information content (AvgIpc) is 3.29. The Balaban J connectivity index is 1.66. The zero-order chi connectivity index (χ0) is 21.2. The second-order valence-corrected chi connectivity index (χ2v) is 8.21. The van der Waals surface area contributed by atoms with Crippen LogP contribution in [0.4, 0.5) is 5.82 Å². The Kier molecular flexibility index (Phi) is 4.25. The first-order valence-corrected chi connectivity index (χ1v) is 10.1. The zero-order valence-corrected chi connectivity index (χ0v) is 17.1. The lowest BCUT2D eigenvalue weighted by atomic mass is 9.98. The van der Waals surface area contributed by atoms with E-state index in [2.05, 4.69) is 20.6 Å². The Bertz CT molecular complexity index is 1170. The van der Waals surface area contributed by atoms with Crippen molar-refractivity contribution < 1.29 is 15.0 Å². The molecule has 156 valence electrons. The molecule has 2 saturated carbocycles. The molecule has 2 fully saturated rings. The number of carbonyl (C=O) groups is 1. The van der Waals surface area contributed by atoms with Gasteiger partial charge in [0.1, 0.15) is 11.6 Å². The first kappa shape index (κ1) is 19.2. The van der Waals surface area contributed by atoms with Gasteiger partial charge in [0.15, 0.2) is 17.3 Å². The van der Waals surface area contributed by atoms with E-state index in [1.54, 1.807) is 24.0 Å². The molecule has 2 aliphatic carbocycles. The Hall–Kier alpha value is -2.75. The minimum absolute atomic E-state index is 0.211. The van der Waals surface area contributed by atoms with Gasteiger partial charge in [0.2, 0.25) is 5.91 Å². The predicted octanol–water partition coefficient (Wildman–Crippen LogP) is 1.22. The normalized spacial score (nSPS) is 29.6. The van der Waals surface area contributed by atoms with E-state index in [1.807, 2.05) is 18.2 Å². The fourth-order valence-corrected chi connectivity index (χ4v) is 5.08. The summed E-state index contributed by atoms with van der Waals surface area (Å²) >= 11 is 6.35. The number of hydrogen-bond donors (Lipinski definition) is 4. The van der Waals surface area contributed by atoms with Crippen LogP contribution in [0.2, 0.25) is 5.02 Å². The van der Waals surface area contributed by atoms with Crippen LogP contribution in [0.15, 0.2) is 30.6 Å². The minimum atomic E-state index is -1.15. The molecule has 0 spiro atoms. The van der Waals surface area contributed by atoms with Gasteiger partial charge in [-0.15, -0.1) is 0 Å². The summed E-state index contributed by atoms with van der Waals surface area (Å²) in [5, 5.41) is 27.6. The highest BCUT2D eigenvalue weighted by Crippen LogP contribution is 2.67. The van der Waals surface area contributed by atoms with Gasteiger partial charge in [0.25, 0.3) is 0 Å². The molecule has 0 radical (unpaired) electrons. The maximum absolute atomic E-state index is 12.4. The Morgan fingerprint density at radius 2 is 2.03 bits per heavy atom. The van der Waals surface area contributed by atoms with E-state index in [0.717, 1.165) is 0 Å². The molecule has 30 heavy (non-hydrogen) atoms. The van der Waals surface area contributed by atoms with Crippen LogP contribution >= 0.6 is 11.6 Å². The number of nitrogens with one attached hydrogen (secondary N) is 2. The van der Waals surface area contributed by atoms with Crippen LogP contribution in [0, 0.1) is 11.3 Å². The van der Waals surface area contributed by atoms with Crippen molar-refractivity contribution in [1.29, 1.82) is 0 Å². The molecule has 2 heterocycles. The zero-order valence-electron chi connectivity index (χ0n) is 16.4. The number of benzene rings is 1. The van der Waals surface area contributed by atoms with Gasteiger partial charge in [-0.05, 0) is 18.6 Å². The van der Waals surface area contributed by atoms with Crippen molar-refractivity contribution in [3.63, 3.8) is 0 Å². The fourth-order valence-electron chi connectivity index (χ4n) is 4.86. The molecule has 0 aliphatic heterocycles. The maximum Gasteiger partial charge on any atom is 0.229 e. The number of nitrogens with zero attached hydrogens (tertiary/aromatic N) is 4. The summed E-state index contributed by atoms with van der Waals surface area (Å²) in [6.45, 7) is 0. The summed E-state index contributed by atoms with van der Waals surface area (Å²) in [4.78, 5) is 26.1. The average molecular weight is 429 g/mol. The van der Waals surface area contributed by atoms with Crippen LogP contribution in [0.25, 0.3) is 22.6 Å². The van der Waals surface area contributed by atoms with Gasteiger partial charge in [-0.1, -0.05) is 23.7 Å². The van der Waals surface area contributed by atoms with Gasteiger partial charge in [-0.2, -0.15) is 0 Å². The Morgan fingerprint density at radius 3 is 2.73 bits per heavy atom. The van der Waals surface area contributed by atoms with Crippen molar-refractivity contribution >= 4 is 34.5 Å². The van der Waals surface area contributed by atoms with Gasteiger partial charge < -0.3 is 25.4 Å². The van der Waals surface area contributed by atoms with E-state index < -0.39 is 23.7 Å². The maximum atomic E-state index is 12.4. The minimum Gasteiger partial charge on any atom is -0.389 e. The van der Waals surface area contributed by atoms with E-state index in [9.17, 15) is 15.0 Å². The first-order chi connectivity index (χ1) is 14.4. The third kappa shape index (κ3) is 2.43. The number of fused-ring (bicyclic) bond motifs is 2. The first-order valence-electron chi connectivity index (χ1n) is 9.69.